The zero-order chi connectivity index (χ0) is 13.1. The van der Waals surface area contributed by atoms with E-state index in [9.17, 15) is 0 Å². The lowest BCUT2D eigenvalue weighted by atomic mass is 10.2. The Morgan fingerprint density at radius 3 is 2.89 bits per heavy atom. The lowest BCUT2D eigenvalue weighted by molar-refractivity contribution is 0.677. The van der Waals surface area contributed by atoms with Crippen LogP contribution in [0.15, 0.2) is 22.1 Å². The summed E-state index contributed by atoms with van der Waals surface area (Å²) in [7, 11) is 0. The lowest BCUT2D eigenvalue weighted by Gasteiger charge is -2.10. The van der Waals surface area contributed by atoms with Gasteiger partial charge in [-0.2, -0.15) is 0 Å². The van der Waals surface area contributed by atoms with Crippen molar-refractivity contribution >= 4 is 33.2 Å². The van der Waals surface area contributed by atoms with Gasteiger partial charge in [0.15, 0.2) is 0 Å². The number of nitrogens with one attached hydrogen (secondary N) is 1. The van der Waals surface area contributed by atoms with Gasteiger partial charge in [0.2, 0.25) is 5.95 Å². The third-order valence-corrected chi connectivity index (χ3v) is 4.20. The molecule has 2 heterocycles. The Balaban J connectivity index is 2.11. The normalized spacial score (nSPS) is 11.2. The monoisotopic (exact) mass is 327 g/mol. The summed E-state index contributed by atoms with van der Waals surface area (Å²) in [6.45, 7) is 8.25. The summed E-state index contributed by atoms with van der Waals surface area (Å²) in [6, 6.07) is 2.16. The zero-order valence-corrected chi connectivity index (χ0v) is 13.3. The highest BCUT2D eigenvalue weighted by molar-refractivity contribution is 9.10. The number of anilines is 1. The molecular formula is C13H18BrN3S. The standard InChI is InChI=1S/C13H18BrN3S/c1-9(2)5-15-13-16-10(3)6-17(13)7-12-4-11(14)8-18-12/h4,6,8-9H,5,7H2,1-3H3,(H,15,16). The van der Waals surface area contributed by atoms with Crippen LogP contribution in [0.25, 0.3) is 0 Å². The van der Waals surface area contributed by atoms with Crippen molar-refractivity contribution < 1.29 is 0 Å². The Morgan fingerprint density at radius 1 is 1.50 bits per heavy atom. The van der Waals surface area contributed by atoms with Crippen LogP contribution in [0.1, 0.15) is 24.4 Å². The van der Waals surface area contributed by atoms with Crippen LogP contribution in [0.5, 0.6) is 0 Å². The molecule has 0 aromatic carbocycles. The Hall–Kier alpha value is -0.810. The molecule has 98 valence electrons. The molecule has 0 saturated carbocycles. The molecule has 0 saturated heterocycles. The van der Waals surface area contributed by atoms with Crippen LogP contribution < -0.4 is 5.32 Å². The zero-order valence-electron chi connectivity index (χ0n) is 10.9. The third-order valence-electron chi connectivity index (χ3n) is 2.51. The predicted octanol–water partition coefficient (Wildman–Crippen LogP) is 4.13. The Kier molecular flexibility index (Phi) is 4.45. The van der Waals surface area contributed by atoms with Crippen LogP contribution >= 0.6 is 27.3 Å². The number of hydrogen-bond acceptors (Lipinski definition) is 3. The van der Waals surface area contributed by atoms with E-state index in [1.165, 1.54) is 4.88 Å². The molecule has 0 aliphatic rings. The van der Waals surface area contributed by atoms with E-state index < -0.39 is 0 Å². The fraction of sp³-hybridized carbons (Fsp3) is 0.462. The van der Waals surface area contributed by atoms with E-state index in [2.05, 4.69) is 62.3 Å². The minimum Gasteiger partial charge on any atom is -0.355 e. The summed E-state index contributed by atoms with van der Waals surface area (Å²) >= 11 is 5.25. The van der Waals surface area contributed by atoms with Gasteiger partial charge in [0.25, 0.3) is 0 Å². The average Bonchev–Trinajstić information content (AvgIpc) is 2.83. The molecule has 0 radical (unpaired) electrons. The van der Waals surface area contributed by atoms with Gasteiger partial charge in [-0.25, -0.2) is 4.98 Å². The molecule has 3 nitrogen and oxygen atoms in total. The number of nitrogens with zero attached hydrogens (tertiary/aromatic N) is 2. The summed E-state index contributed by atoms with van der Waals surface area (Å²) in [5.74, 6) is 1.58. The van der Waals surface area contributed by atoms with E-state index >= 15 is 0 Å². The molecule has 0 spiro atoms. The second-order valence-corrected chi connectivity index (χ2v) is 6.75. The highest BCUT2D eigenvalue weighted by Crippen LogP contribution is 2.22. The molecular weight excluding hydrogens is 310 g/mol. The molecule has 0 atom stereocenters. The van der Waals surface area contributed by atoms with Gasteiger partial charge >= 0.3 is 0 Å². The summed E-state index contributed by atoms with van der Waals surface area (Å²) in [5.41, 5.74) is 1.05. The molecule has 2 rings (SSSR count). The number of aryl methyl sites for hydroxylation is 1. The van der Waals surface area contributed by atoms with Gasteiger partial charge in [-0.1, -0.05) is 13.8 Å². The van der Waals surface area contributed by atoms with Crippen molar-refractivity contribution in [2.24, 2.45) is 5.92 Å². The van der Waals surface area contributed by atoms with E-state index in [1.54, 1.807) is 11.3 Å². The molecule has 0 unspecified atom stereocenters. The maximum atomic E-state index is 4.53. The highest BCUT2D eigenvalue weighted by Gasteiger charge is 2.07. The van der Waals surface area contributed by atoms with Gasteiger partial charge in [-0.05, 0) is 34.8 Å². The van der Waals surface area contributed by atoms with Crippen LogP contribution in [-0.4, -0.2) is 16.1 Å². The van der Waals surface area contributed by atoms with Crippen molar-refractivity contribution in [2.75, 3.05) is 11.9 Å². The van der Waals surface area contributed by atoms with Crippen molar-refractivity contribution in [3.8, 4) is 0 Å². The van der Waals surface area contributed by atoms with Crippen LogP contribution in [-0.2, 0) is 6.54 Å². The van der Waals surface area contributed by atoms with Gasteiger partial charge in [0, 0.05) is 27.5 Å². The molecule has 0 fully saturated rings. The first-order valence-corrected chi connectivity index (χ1v) is 7.72. The van der Waals surface area contributed by atoms with Gasteiger partial charge in [0.1, 0.15) is 0 Å². The Labute approximate surface area is 120 Å². The second kappa shape index (κ2) is 5.89. The van der Waals surface area contributed by atoms with E-state index in [4.69, 9.17) is 0 Å². The van der Waals surface area contributed by atoms with Crippen molar-refractivity contribution in [1.29, 1.82) is 0 Å². The molecule has 2 aromatic heterocycles. The van der Waals surface area contributed by atoms with Gasteiger partial charge in [0.05, 0.1) is 12.2 Å². The summed E-state index contributed by atoms with van der Waals surface area (Å²) in [5, 5.41) is 5.52. The van der Waals surface area contributed by atoms with E-state index in [0.29, 0.717) is 5.92 Å². The molecule has 1 N–H and O–H groups in total. The van der Waals surface area contributed by atoms with E-state index in [1.807, 2.05) is 6.92 Å². The highest BCUT2D eigenvalue weighted by atomic mass is 79.9. The minimum absolute atomic E-state index is 0.617. The molecule has 18 heavy (non-hydrogen) atoms. The van der Waals surface area contributed by atoms with E-state index in [0.717, 1.165) is 29.2 Å². The number of rotatable bonds is 5. The predicted molar refractivity (Wildman–Crippen MR) is 81.4 cm³/mol. The maximum Gasteiger partial charge on any atom is 0.203 e. The van der Waals surface area contributed by atoms with Crippen molar-refractivity contribution in [2.45, 2.75) is 27.3 Å². The smallest absolute Gasteiger partial charge is 0.203 e. The fourth-order valence-corrected chi connectivity index (χ4v) is 3.16. The van der Waals surface area contributed by atoms with Crippen LogP contribution in [0.3, 0.4) is 0 Å². The van der Waals surface area contributed by atoms with Crippen LogP contribution in [0.2, 0.25) is 0 Å². The number of hydrogen-bond donors (Lipinski definition) is 1. The van der Waals surface area contributed by atoms with Crippen molar-refractivity contribution in [3.63, 3.8) is 0 Å². The van der Waals surface area contributed by atoms with Gasteiger partial charge in [-0.15, -0.1) is 11.3 Å². The second-order valence-electron chi connectivity index (χ2n) is 4.84. The van der Waals surface area contributed by atoms with Crippen molar-refractivity contribution in [3.05, 3.63) is 32.7 Å². The molecule has 0 aliphatic heterocycles. The summed E-state index contributed by atoms with van der Waals surface area (Å²) in [4.78, 5) is 5.86. The van der Waals surface area contributed by atoms with Gasteiger partial charge < -0.3 is 9.88 Å². The third kappa shape index (κ3) is 3.59. The SMILES string of the molecule is Cc1cn(Cc2cc(Br)cs2)c(NCC(C)C)n1. The number of imidazole rings is 1. The fourth-order valence-electron chi connectivity index (χ4n) is 1.71. The first-order valence-electron chi connectivity index (χ1n) is 6.05. The number of thiophene rings is 1. The van der Waals surface area contributed by atoms with Crippen molar-refractivity contribution in [1.82, 2.24) is 9.55 Å². The first-order chi connectivity index (χ1) is 8.54. The number of halogens is 1. The van der Waals surface area contributed by atoms with Gasteiger partial charge in [-0.3, -0.25) is 0 Å². The van der Waals surface area contributed by atoms with Crippen LogP contribution in [0, 0.1) is 12.8 Å². The number of aromatic nitrogens is 2. The summed E-state index contributed by atoms with van der Waals surface area (Å²) < 4.78 is 3.33. The quantitative estimate of drug-likeness (QED) is 0.894. The molecule has 2 aromatic rings. The molecule has 5 heteroatoms. The first kappa shape index (κ1) is 13.6. The molecule has 0 amide bonds. The molecule has 0 aliphatic carbocycles. The molecule has 0 bridgehead atoms. The van der Waals surface area contributed by atoms with E-state index in [-0.39, 0.29) is 0 Å². The summed E-state index contributed by atoms with van der Waals surface area (Å²) in [6.07, 6.45) is 2.09. The Morgan fingerprint density at radius 2 is 2.28 bits per heavy atom. The lowest BCUT2D eigenvalue weighted by Crippen LogP contribution is -2.12. The topological polar surface area (TPSA) is 29.9 Å². The largest absolute Gasteiger partial charge is 0.355 e. The Bertz CT molecular complexity index is 516. The average molecular weight is 328 g/mol. The maximum absolute atomic E-state index is 4.53. The van der Waals surface area contributed by atoms with Crippen LogP contribution in [0.4, 0.5) is 5.95 Å². The minimum atomic E-state index is 0.617.